The van der Waals surface area contributed by atoms with Crippen LogP contribution in [0.1, 0.15) is 21.2 Å². The largest absolute Gasteiger partial charge is 0.345 e. The van der Waals surface area contributed by atoms with Gasteiger partial charge in [-0.3, -0.25) is 4.79 Å². The van der Waals surface area contributed by atoms with Gasteiger partial charge in [0.05, 0.1) is 12.1 Å². The average Bonchev–Trinajstić information content (AvgIpc) is 2.99. The number of benzene rings is 1. The number of carbonyl (C=O) groups excluding carboxylic acids is 1. The molecule has 1 N–H and O–H groups in total. The maximum atomic E-state index is 13.4. The van der Waals surface area contributed by atoms with Gasteiger partial charge in [-0.15, -0.1) is 10.2 Å². The Balaban J connectivity index is 1.73. The Labute approximate surface area is 117 Å². The Morgan fingerprint density at radius 3 is 2.95 bits per heavy atom. The molecule has 0 saturated carbocycles. The summed E-state index contributed by atoms with van der Waals surface area (Å²) in [6, 6.07) is 5.84. The predicted octanol–water partition coefficient (Wildman–Crippen LogP) is 1.56. The van der Waals surface area contributed by atoms with E-state index >= 15 is 0 Å². The lowest BCUT2D eigenvalue weighted by Gasteiger charge is -2.03. The molecule has 0 saturated heterocycles. The van der Waals surface area contributed by atoms with Crippen LogP contribution in [-0.2, 0) is 6.54 Å². The number of aromatic nitrogens is 4. The maximum absolute atomic E-state index is 13.4. The summed E-state index contributed by atoms with van der Waals surface area (Å²) >= 11 is 1.33. The molecule has 3 aromatic rings. The number of fused-ring (bicyclic) bond motifs is 1. The number of aryl methyl sites for hydroxylation is 1. The van der Waals surface area contributed by atoms with Gasteiger partial charge in [-0.25, -0.2) is 4.39 Å². The maximum Gasteiger partial charge on any atom is 0.254 e. The second-order valence-electron chi connectivity index (χ2n) is 4.10. The van der Waals surface area contributed by atoms with Gasteiger partial charge in [0.25, 0.3) is 5.91 Å². The normalized spacial score (nSPS) is 10.9. The van der Waals surface area contributed by atoms with Gasteiger partial charge in [0.15, 0.2) is 5.82 Å². The van der Waals surface area contributed by atoms with E-state index in [2.05, 4.69) is 20.6 Å². The standard InChI is InChI=1S/C12H10FN5OS/c1-7-15-16-12-18(7)17-10(20-12)6-14-11(19)8-4-2-3-5-9(8)13/h2-5H,6H2,1H3,(H,14,19). The van der Waals surface area contributed by atoms with E-state index in [0.29, 0.717) is 15.8 Å². The highest BCUT2D eigenvalue weighted by atomic mass is 32.1. The van der Waals surface area contributed by atoms with E-state index in [1.807, 2.05) is 0 Å². The zero-order valence-electron chi connectivity index (χ0n) is 10.5. The van der Waals surface area contributed by atoms with Gasteiger partial charge in [-0.1, -0.05) is 23.5 Å². The minimum Gasteiger partial charge on any atom is -0.345 e. The van der Waals surface area contributed by atoms with Crippen molar-refractivity contribution in [3.63, 3.8) is 0 Å². The smallest absolute Gasteiger partial charge is 0.254 e. The minimum atomic E-state index is -0.543. The number of halogens is 1. The van der Waals surface area contributed by atoms with Crippen molar-refractivity contribution in [1.29, 1.82) is 0 Å². The molecule has 2 heterocycles. The van der Waals surface area contributed by atoms with Crippen LogP contribution in [0.25, 0.3) is 4.96 Å². The lowest BCUT2D eigenvalue weighted by atomic mass is 10.2. The fourth-order valence-corrected chi connectivity index (χ4v) is 2.54. The van der Waals surface area contributed by atoms with Crippen LogP contribution in [0.4, 0.5) is 4.39 Å². The van der Waals surface area contributed by atoms with Crippen LogP contribution < -0.4 is 5.32 Å². The molecule has 102 valence electrons. The van der Waals surface area contributed by atoms with Crippen LogP contribution in [0.5, 0.6) is 0 Å². The second kappa shape index (κ2) is 4.97. The highest BCUT2D eigenvalue weighted by molar-refractivity contribution is 7.16. The van der Waals surface area contributed by atoms with Gasteiger partial charge >= 0.3 is 0 Å². The van der Waals surface area contributed by atoms with Gasteiger partial charge in [0.2, 0.25) is 4.96 Å². The van der Waals surface area contributed by atoms with Gasteiger partial charge in [0.1, 0.15) is 10.8 Å². The first kappa shape index (κ1) is 12.7. The summed E-state index contributed by atoms with van der Waals surface area (Å²) < 4.78 is 15.0. The Kier molecular flexibility index (Phi) is 3.15. The SMILES string of the molecule is Cc1nnc2sc(CNC(=O)c3ccccc3F)nn12. The first-order valence-corrected chi connectivity index (χ1v) is 6.67. The van der Waals surface area contributed by atoms with Crippen molar-refractivity contribution >= 4 is 22.2 Å². The molecule has 0 aliphatic rings. The van der Waals surface area contributed by atoms with E-state index < -0.39 is 11.7 Å². The number of hydrogen-bond donors (Lipinski definition) is 1. The zero-order valence-corrected chi connectivity index (χ0v) is 11.3. The van der Waals surface area contributed by atoms with Crippen molar-refractivity contribution in [3.8, 4) is 0 Å². The van der Waals surface area contributed by atoms with Crippen LogP contribution >= 0.6 is 11.3 Å². The molecule has 0 atom stereocenters. The fourth-order valence-electron chi connectivity index (χ4n) is 1.72. The minimum absolute atomic E-state index is 0.0201. The van der Waals surface area contributed by atoms with Crippen LogP contribution in [0.15, 0.2) is 24.3 Å². The molecule has 0 radical (unpaired) electrons. The molecule has 1 aromatic carbocycles. The molecular formula is C12H10FN5OS. The number of rotatable bonds is 3. The Bertz CT molecular complexity index is 781. The van der Waals surface area contributed by atoms with Crippen molar-refractivity contribution in [1.82, 2.24) is 25.1 Å². The fraction of sp³-hybridized carbons (Fsp3) is 0.167. The molecule has 0 spiro atoms. The molecule has 0 unspecified atom stereocenters. The van der Waals surface area contributed by atoms with Crippen molar-refractivity contribution < 1.29 is 9.18 Å². The quantitative estimate of drug-likeness (QED) is 0.795. The average molecular weight is 291 g/mol. The first-order chi connectivity index (χ1) is 9.65. The highest BCUT2D eigenvalue weighted by Gasteiger charge is 2.13. The number of nitrogens with one attached hydrogen (secondary N) is 1. The lowest BCUT2D eigenvalue weighted by molar-refractivity contribution is 0.0946. The molecule has 2 aromatic heterocycles. The van der Waals surface area contributed by atoms with Crippen molar-refractivity contribution in [2.45, 2.75) is 13.5 Å². The monoisotopic (exact) mass is 291 g/mol. The van der Waals surface area contributed by atoms with Gasteiger partial charge < -0.3 is 5.32 Å². The van der Waals surface area contributed by atoms with Gasteiger partial charge in [0, 0.05) is 0 Å². The summed E-state index contributed by atoms with van der Waals surface area (Å²) in [4.78, 5) is 12.5. The van der Waals surface area contributed by atoms with Crippen LogP contribution in [0.2, 0.25) is 0 Å². The summed E-state index contributed by atoms with van der Waals surface area (Å²) in [5.74, 6) is -0.326. The molecule has 8 heteroatoms. The molecular weight excluding hydrogens is 281 g/mol. The molecule has 20 heavy (non-hydrogen) atoms. The summed E-state index contributed by atoms with van der Waals surface area (Å²) in [5.41, 5.74) is 0.0201. The van der Waals surface area contributed by atoms with E-state index in [-0.39, 0.29) is 12.1 Å². The molecule has 0 aliphatic heterocycles. The second-order valence-corrected chi connectivity index (χ2v) is 5.14. The summed E-state index contributed by atoms with van der Waals surface area (Å²) in [7, 11) is 0. The molecule has 0 fully saturated rings. The Morgan fingerprint density at radius 1 is 1.40 bits per heavy atom. The summed E-state index contributed by atoms with van der Waals surface area (Å²) in [6.07, 6.45) is 0. The van der Waals surface area contributed by atoms with Crippen molar-refractivity contribution in [2.75, 3.05) is 0 Å². The van der Waals surface area contributed by atoms with E-state index in [0.717, 1.165) is 0 Å². The molecule has 0 bridgehead atoms. The van der Waals surface area contributed by atoms with Crippen LogP contribution in [0, 0.1) is 12.7 Å². The highest BCUT2D eigenvalue weighted by Crippen LogP contribution is 2.13. The summed E-state index contributed by atoms with van der Waals surface area (Å²) in [5, 5.41) is 15.4. The van der Waals surface area contributed by atoms with E-state index in [9.17, 15) is 9.18 Å². The molecule has 1 amide bonds. The Hall–Kier alpha value is -2.35. The van der Waals surface area contributed by atoms with E-state index in [1.165, 1.54) is 29.5 Å². The molecule has 0 aliphatic carbocycles. The first-order valence-electron chi connectivity index (χ1n) is 5.85. The van der Waals surface area contributed by atoms with Crippen LogP contribution in [-0.4, -0.2) is 25.7 Å². The molecule has 3 rings (SSSR count). The van der Waals surface area contributed by atoms with E-state index in [4.69, 9.17) is 0 Å². The number of nitrogens with zero attached hydrogens (tertiary/aromatic N) is 4. The molecule has 6 nitrogen and oxygen atoms in total. The van der Waals surface area contributed by atoms with E-state index in [1.54, 1.807) is 17.5 Å². The number of hydrogen-bond acceptors (Lipinski definition) is 5. The third-order valence-corrected chi connectivity index (χ3v) is 3.61. The predicted molar refractivity (Wildman–Crippen MR) is 71.0 cm³/mol. The third-order valence-electron chi connectivity index (χ3n) is 2.71. The van der Waals surface area contributed by atoms with Gasteiger partial charge in [-0.2, -0.15) is 9.61 Å². The summed E-state index contributed by atoms with van der Waals surface area (Å²) in [6.45, 7) is 2.02. The van der Waals surface area contributed by atoms with Crippen LogP contribution in [0.3, 0.4) is 0 Å². The van der Waals surface area contributed by atoms with Crippen molar-refractivity contribution in [3.05, 3.63) is 46.5 Å². The zero-order chi connectivity index (χ0) is 14.1. The van der Waals surface area contributed by atoms with Crippen molar-refractivity contribution in [2.24, 2.45) is 0 Å². The van der Waals surface area contributed by atoms with Gasteiger partial charge in [-0.05, 0) is 19.1 Å². The Morgan fingerprint density at radius 2 is 2.20 bits per heavy atom. The topological polar surface area (TPSA) is 72.2 Å². The third kappa shape index (κ3) is 2.25. The number of amides is 1. The number of carbonyl (C=O) groups is 1. The lowest BCUT2D eigenvalue weighted by Crippen LogP contribution is -2.23.